The summed E-state index contributed by atoms with van der Waals surface area (Å²) >= 11 is 2.01. The summed E-state index contributed by atoms with van der Waals surface area (Å²) in [5, 5.41) is 0.818. The third-order valence-corrected chi connectivity index (χ3v) is 4.00. The molecule has 2 atom stereocenters. The molecule has 0 aliphatic rings. The molecule has 0 aliphatic heterocycles. The van der Waals surface area contributed by atoms with Gasteiger partial charge >= 0.3 is 0 Å². The van der Waals surface area contributed by atoms with E-state index in [9.17, 15) is 0 Å². The van der Waals surface area contributed by atoms with Crippen molar-refractivity contribution in [1.29, 1.82) is 0 Å². The molecule has 0 radical (unpaired) electrons. The van der Waals surface area contributed by atoms with Crippen LogP contribution in [0.5, 0.6) is 0 Å². The lowest BCUT2D eigenvalue weighted by molar-refractivity contribution is 0.330. The quantitative estimate of drug-likeness (QED) is 0.613. The van der Waals surface area contributed by atoms with Crippen LogP contribution in [0.15, 0.2) is 0 Å². The fourth-order valence-electron chi connectivity index (χ4n) is 1.81. The van der Waals surface area contributed by atoms with Gasteiger partial charge in [-0.2, -0.15) is 11.8 Å². The second-order valence-electron chi connectivity index (χ2n) is 4.82. The number of thioether (sulfide) groups is 1. The monoisotopic (exact) mass is 202 g/mol. The summed E-state index contributed by atoms with van der Waals surface area (Å²) in [4.78, 5) is 0. The van der Waals surface area contributed by atoms with Gasteiger partial charge in [0.1, 0.15) is 0 Å². The van der Waals surface area contributed by atoms with Crippen LogP contribution in [0, 0.1) is 17.8 Å². The Morgan fingerprint density at radius 3 is 1.77 bits per heavy atom. The zero-order valence-corrected chi connectivity index (χ0v) is 10.9. The number of hydrogen-bond donors (Lipinski definition) is 0. The fraction of sp³-hybridized carbons (Fsp3) is 1.00. The second kappa shape index (κ2) is 6.75. The van der Waals surface area contributed by atoms with Crippen molar-refractivity contribution in [3.8, 4) is 0 Å². The normalized spacial score (nSPS) is 16.6. The Balaban J connectivity index is 3.95. The molecule has 0 heterocycles. The van der Waals surface area contributed by atoms with Crippen LogP contribution in [-0.4, -0.2) is 11.5 Å². The first-order valence-corrected chi connectivity index (χ1v) is 6.80. The van der Waals surface area contributed by atoms with Crippen molar-refractivity contribution in [3.63, 3.8) is 0 Å². The van der Waals surface area contributed by atoms with Gasteiger partial charge in [0.15, 0.2) is 0 Å². The van der Waals surface area contributed by atoms with E-state index in [1.807, 2.05) is 11.8 Å². The molecule has 0 saturated carbocycles. The topological polar surface area (TPSA) is 0 Å². The van der Waals surface area contributed by atoms with Crippen LogP contribution < -0.4 is 0 Å². The molecule has 0 aromatic carbocycles. The summed E-state index contributed by atoms with van der Waals surface area (Å²) in [5.41, 5.74) is 0. The van der Waals surface area contributed by atoms with E-state index in [4.69, 9.17) is 0 Å². The summed E-state index contributed by atoms with van der Waals surface area (Å²) in [6.45, 7) is 11.7. The zero-order chi connectivity index (χ0) is 10.4. The minimum atomic E-state index is 0.818. The second-order valence-corrected chi connectivity index (χ2v) is 6.03. The molecule has 0 saturated heterocycles. The van der Waals surface area contributed by atoms with Crippen LogP contribution in [-0.2, 0) is 0 Å². The molecule has 80 valence electrons. The molecule has 0 amide bonds. The highest BCUT2D eigenvalue weighted by Crippen LogP contribution is 2.29. The lowest BCUT2D eigenvalue weighted by atomic mass is 9.86. The van der Waals surface area contributed by atoms with Gasteiger partial charge in [-0.25, -0.2) is 0 Å². The molecule has 0 rings (SSSR count). The molecule has 0 aromatic rings. The molecule has 1 heteroatoms. The van der Waals surface area contributed by atoms with Crippen LogP contribution in [0.2, 0.25) is 0 Å². The Morgan fingerprint density at radius 2 is 1.46 bits per heavy atom. The Morgan fingerprint density at radius 1 is 0.923 bits per heavy atom. The van der Waals surface area contributed by atoms with E-state index >= 15 is 0 Å². The largest absolute Gasteiger partial charge is 0.162 e. The first kappa shape index (κ1) is 13.4. The van der Waals surface area contributed by atoms with Gasteiger partial charge < -0.3 is 0 Å². The summed E-state index contributed by atoms with van der Waals surface area (Å²) in [5.74, 6) is 2.59. The van der Waals surface area contributed by atoms with Crippen molar-refractivity contribution in [2.45, 2.75) is 52.7 Å². The molecule has 0 bridgehead atoms. The predicted octanol–water partition coefficient (Wildman–Crippen LogP) is 4.45. The molecular weight excluding hydrogens is 176 g/mol. The van der Waals surface area contributed by atoms with Crippen molar-refractivity contribution in [2.75, 3.05) is 6.26 Å². The lowest BCUT2D eigenvalue weighted by Crippen LogP contribution is -2.20. The van der Waals surface area contributed by atoms with E-state index in [0.29, 0.717) is 0 Å². The summed E-state index contributed by atoms with van der Waals surface area (Å²) in [6.07, 6.45) is 5.01. The van der Waals surface area contributed by atoms with Crippen molar-refractivity contribution in [3.05, 3.63) is 0 Å². The average molecular weight is 202 g/mol. The molecule has 0 nitrogen and oxygen atoms in total. The lowest BCUT2D eigenvalue weighted by Gasteiger charge is -2.26. The van der Waals surface area contributed by atoms with Gasteiger partial charge in [0.2, 0.25) is 0 Å². The highest BCUT2D eigenvalue weighted by Gasteiger charge is 2.19. The summed E-state index contributed by atoms with van der Waals surface area (Å²) < 4.78 is 0. The minimum Gasteiger partial charge on any atom is -0.162 e. The van der Waals surface area contributed by atoms with Gasteiger partial charge in [-0.3, -0.25) is 0 Å². The van der Waals surface area contributed by atoms with Gasteiger partial charge in [-0.15, -0.1) is 0 Å². The van der Waals surface area contributed by atoms with Gasteiger partial charge in [0, 0.05) is 5.25 Å². The molecule has 0 aromatic heterocycles. The summed E-state index contributed by atoms with van der Waals surface area (Å²) in [6, 6.07) is 0. The van der Waals surface area contributed by atoms with E-state index in [-0.39, 0.29) is 0 Å². The highest BCUT2D eigenvalue weighted by atomic mass is 32.2. The molecule has 0 N–H and O–H groups in total. The van der Waals surface area contributed by atoms with Crippen LogP contribution in [0.25, 0.3) is 0 Å². The van der Waals surface area contributed by atoms with E-state index < -0.39 is 0 Å². The van der Waals surface area contributed by atoms with Crippen molar-refractivity contribution >= 4 is 11.8 Å². The van der Waals surface area contributed by atoms with Crippen molar-refractivity contribution in [1.82, 2.24) is 0 Å². The molecule has 0 fully saturated rings. The van der Waals surface area contributed by atoms with Crippen LogP contribution in [0.3, 0.4) is 0 Å². The minimum absolute atomic E-state index is 0.818. The summed E-state index contributed by atoms with van der Waals surface area (Å²) in [7, 11) is 0. The average Bonchev–Trinajstić information content (AvgIpc) is 2.03. The molecule has 0 aliphatic carbocycles. The molecular formula is C12H26S. The van der Waals surface area contributed by atoms with E-state index in [1.165, 1.54) is 12.8 Å². The SMILES string of the molecule is CSC(C)C(CCC(C)C)C(C)C. The smallest absolute Gasteiger partial charge is 0.00466 e. The molecule has 2 unspecified atom stereocenters. The third kappa shape index (κ3) is 5.61. The van der Waals surface area contributed by atoms with Crippen LogP contribution in [0.4, 0.5) is 0 Å². The third-order valence-electron chi connectivity index (χ3n) is 2.91. The highest BCUT2D eigenvalue weighted by molar-refractivity contribution is 7.99. The van der Waals surface area contributed by atoms with Crippen LogP contribution in [0.1, 0.15) is 47.5 Å². The van der Waals surface area contributed by atoms with E-state index in [0.717, 1.165) is 23.0 Å². The number of rotatable bonds is 6. The van der Waals surface area contributed by atoms with E-state index in [1.54, 1.807) is 0 Å². The first-order valence-electron chi connectivity index (χ1n) is 5.51. The fourth-order valence-corrected chi connectivity index (χ4v) is 2.61. The van der Waals surface area contributed by atoms with Crippen molar-refractivity contribution < 1.29 is 0 Å². The Hall–Kier alpha value is 0.350. The van der Waals surface area contributed by atoms with Gasteiger partial charge in [0.25, 0.3) is 0 Å². The molecule has 13 heavy (non-hydrogen) atoms. The maximum absolute atomic E-state index is 2.37. The standard InChI is InChI=1S/C12H26S/c1-9(2)7-8-12(10(3)4)11(5)13-6/h9-12H,7-8H2,1-6H3. The predicted molar refractivity (Wildman–Crippen MR) is 65.4 cm³/mol. The van der Waals surface area contributed by atoms with E-state index in [2.05, 4.69) is 40.9 Å². The zero-order valence-electron chi connectivity index (χ0n) is 10.1. The Labute approximate surface area is 88.9 Å². The maximum Gasteiger partial charge on any atom is 0.00466 e. The number of hydrogen-bond acceptors (Lipinski definition) is 1. The Kier molecular flexibility index (Phi) is 6.93. The van der Waals surface area contributed by atoms with Gasteiger partial charge in [-0.05, 0) is 30.4 Å². The Bertz CT molecular complexity index is 118. The van der Waals surface area contributed by atoms with Gasteiger partial charge in [0.05, 0.1) is 0 Å². The van der Waals surface area contributed by atoms with Gasteiger partial charge in [-0.1, -0.05) is 41.0 Å². The first-order chi connectivity index (χ1) is 5.99. The maximum atomic E-state index is 2.37. The van der Waals surface area contributed by atoms with Crippen molar-refractivity contribution in [2.24, 2.45) is 17.8 Å². The van der Waals surface area contributed by atoms with Crippen LogP contribution >= 0.6 is 11.8 Å². The molecule has 0 spiro atoms.